The van der Waals surface area contributed by atoms with Crippen molar-refractivity contribution in [1.82, 2.24) is 9.88 Å². The molecule has 2 N–H and O–H groups in total. The topological polar surface area (TPSA) is 82.5 Å². The number of anilines is 1. The van der Waals surface area contributed by atoms with Gasteiger partial charge in [0.2, 0.25) is 0 Å². The number of hydrogen-bond donors (Lipinski definition) is 2. The van der Waals surface area contributed by atoms with E-state index in [1.165, 1.54) is 4.90 Å². The molecule has 1 fully saturated rings. The van der Waals surface area contributed by atoms with Crippen molar-refractivity contribution in [3.05, 3.63) is 23.9 Å². The van der Waals surface area contributed by atoms with Gasteiger partial charge in [-0.05, 0) is 31.9 Å². The normalized spacial score (nSPS) is 22.3. The number of aryl methyl sites for hydroxylation is 1. The van der Waals surface area contributed by atoms with Gasteiger partial charge in [0.1, 0.15) is 5.82 Å². The van der Waals surface area contributed by atoms with Crippen LogP contribution in [0.3, 0.4) is 0 Å². The largest absolute Gasteiger partial charge is 0.481 e. The van der Waals surface area contributed by atoms with E-state index in [1.54, 1.807) is 19.2 Å². The second-order valence-corrected chi connectivity index (χ2v) is 5.19. The van der Waals surface area contributed by atoms with Crippen molar-refractivity contribution < 1.29 is 14.7 Å². The molecular formula is C13H17N3O3. The first-order valence-electron chi connectivity index (χ1n) is 6.13. The van der Waals surface area contributed by atoms with E-state index < -0.39 is 11.4 Å². The summed E-state index contributed by atoms with van der Waals surface area (Å²) in [6.45, 7) is 4.24. The summed E-state index contributed by atoms with van der Waals surface area (Å²) < 4.78 is 0. The number of carbonyl (C=O) groups is 2. The summed E-state index contributed by atoms with van der Waals surface area (Å²) in [6.07, 6.45) is 2.14. The third-order valence-corrected chi connectivity index (χ3v) is 3.42. The van der Waals surface area contributed by atoms with Crippen LogP contribution in [-0.4, -0.2) is 40.1 Å². The standard InChI is InChI=1S/C13H17N3O3/c1-9-3-4-10(14-7-9)15-12(19)16-6-5-13(2,8-16)11(17)18/h3-4,7H,5-6,8H2,1-2H3,(H,17,18)(H,14,15,19). The number of likely N-dealkylation sites (tertiary alicyclic amines) is 1. The number of aliphatic carboxylic acids is 1. The number of amides is 2. The van der Waals surface area contributed by atoms with Crippen LogP contribution in [0.1, 0.15) is 18.9 Å². The van der Waals surface area contributed by atoms with Gasteiger partial charge in [-0.2, -0.15) is 0 Å². The molecule has 102 valence electrons. The third kappa shape index (κ3) is 2.83. The molecular weight excluding hydrogens is 246 g/mol. The number of carboxylic acids is 1. The number of carboxylic acid groups (broad SMARTS) is 1. The highest BCUT2D eigenvalue weighted by Crippen LogP contribution is 2.30. The smallest absolute Gasteiger partial charge is 0.323 e. The third-order valence-electron chi connectivity index (χ3n) is 3.42. The first-order chi connectivity index (χ1) is 8.90. The number of carbonyl (C=O) groups excluding carboxylic acids is 1. The molecule has 0 aliphatic carbocycles. The summed E-state index contributed by atoms with van der Waals surface area (Å²) in [6, 6.07) is 3.27. The second kappa shape index (κ2) is 4.87. The van der Waals surface area contributed by atoms with Gasteiger partial charge in [0.25, 0.3) is 0 Å². The van der Waals surface area contributed by atoms with Gasteiger partial charge >= 0.3 is 12.0 Å². The molecule has 2 amide bonds. The van der Waals surface area contributed by atoms with Crippen molar-refractivity contribution in [2.45, 2.75) is 20.3 Å². The van der Waals surface area contributed by atoms with Gasteiger partial charge in [0, 0.05) is 19.3 Å². The molecule has 1 aliphatic rings. The molecule has 0 radical (unpaired) electrons. The lowest BCUT2D eigenvalue weighted by atomic mass is 9.90. The van der Waals surface area contributed by atoms with Crippen molar-refractivity contribution in [1.29, 1.82) is 0 Å². The molecule has 2 heterocycles. The summed E-state index contributed by atoms with van der Waals surface area (Å²) in [7, 11) is 0. The van der Waals surface area contributed by atoms with Gasteiger partial charge < -0.3 is 10.0 Å². The highest BCUT2D eigenvalue weighted by molar-refractivity contribution is 5.89. The molecule has 6 heteroatoms. The highest BCUT2D eigenvalue weighted by atomic mass is 16.4. The predicted molar refractivity (Wildman–Crippen MR) is 69.9 cm³/mol. The molecule has 1 aromatic rings. The average Bonchev–Trinajstić information content (AvgIpc) is 2.76. The first-order valence-corrected chi connectivity index (χ1v) is 6.13. The Morgan fingerprint density at radius 1 is 1.47 bits per heavy atom. The van der Waals surface area contributed by atoms with Crippen molar-refractivity contribution in [2.75, 3.05) is 18.4 Å². The Bertz CT molecular complexity index is 500. The quantitative estimate of drug-likeness (QED) is 0.851. The molecule has 0 bridgehead atoms. The molecule has 0 aromatic carbocycles. The maximum absolute atomic E-state index is 12.0. The molecule has 19 heavy (non-hydrogen) atoms. The molecule has 1 aromatic heterocycles. The van der Waals surface area contributed by atoms with Gasteiger partial charge in [-0.3, -0.25) is 10.1 Å². The van der Waals surface area contributed by atoms with E-state index in [0.717, 1.165) is 5.56 Å². The number of rotatable bonds is 2. The Balaban J connectivity index is 1.98. The Hall–Kier alpha value is -2.11. The van der Waals surface area contributed by atoms with Crippen molar-refractivity contribution in [2.24, 2.45) is 5.41 Å². The monoisotopic (exact) mass is 263 g/mol. The molecule has 1 atom stereocenters. The fourth-order valence-electron chi connectivity index (χ4n) is 2.04. The lowest BCUT2D eigenvalue weighted by Gasteiger charge is -2.20. The van der Waals surface area contributed by atoms with E-state index in [9.17, 15) is 9.59 Å². The van der Waals surface area contributed by atoms with Crippen molar-refractivity contribution in [3.8, 4) is 0 Å². The number of hydrogen-bond acceptors (Lipinski definition) is 3. The summed E-state index contributed by atoms with van der Waals surface area (Å²) >= 11 is 0. The average molecular weight is 263 g/mol. The van der Waals surface area contributed by atoms with Gasteiger partial charge in [-0.25, -0.2) is 9.78 Å². The van der Waals surface area contributed by atoms with Crippen LogP contribution in [-0.2, 0) is 4.79 Å². The van der Waals surface area contributed by atoms with E-state index in [4.69, 9.17) is 5.11 Å². The minimum absolute atomic E-state index is 0.222. The van der Waals surface area contributed by atoms with Crippen LogP contribution in [0, 0.1) is 12.3 Å². The minimum Gasteiger partial charge on any atom is -0.481 e. The van der Waals surface area contributed by atoms with E-state index in [1.807, 2.05) is 13.0 Å². The Kier molecular flexibility index (Phi) is 3.42. The van der Waals surface area contributed by atoms with E-state index in [-0.39, 0.29) is 12.6 Å². The minimum atomic E-state index is -0.865. The highest BCUT2D eigenvalue weighted by Gasteiger charge is 2.42. The lowest BCUT2D eigenvalue weighted by molar-refractivity contribution is -0.146. The Morgan fingerprint density at radius 3 is 2.74 bits per heavy atom. The van der Waals surface area contributed by atoms with E-state index in [2.05, 4.69) is 10.3 Å². The summed E-state index contributed by atoms with van der Waals surface area (Å²) in [5.74, 6) is -0.393. The molecule has 1 aliphatic heterocycles. The van der Waals surface area contributed by atoms with Crippen LogP contribution in [0.2, 0.25) is 0 Å². The van der Waals surface area contributed by atoms with Crippen molar-refractivity contribution in [3.63, 3.8) is 0 Å². The van der Waals surface area contributed by atoms with Gasteiger partial charge in [-0.1, -0.05) is 6.07 Å². The maximum Gasteiger partial charge on any atom is 0.323 e. The van der Waals surface area contributed by atoms with Crippen LogP contribution in [0.4, 0.5) is 10.6 Å². The SMILES string of the molecule is Cc1ccc(NC(=O)N2CCC(C)(C(=O)O)C2)nc1. The molecule has 0 saturated carbocycles. The van der Waals surface area contributed by atoms with E-state index >= 15 is 0 Å². The van der Waals surface area contributed by atoms with Crippen LogP contribution in [0.25, 0.3) is 0 Å². The zero-order valence-electron chi connectivity index (χ0n) is 11.0. The van der Waals surface area contributed by atoms with Crippen LogP contribution < -0.4 is 5.32 Å². The summed E-state index contributed by atoms with van der Waals surface area (Å²) in [5, 5.41) is 11.8. The lowest BCUT2D eigenvalue weighted by Crippen LogP contribution is -2.37. The first kappa shape index (κ1) is 13.3. The number of nitrogens with one attached hydrogen (secondary N) is 1. The van der Waals surface area contributed by atoms with Gasteiger partial charge in [0.05, 0.1) is 5.41 Å². The zero-order valence-corrected chi connectivity index (χ0v) is 11.0. The van der Waals surface area contributed by atoms with Crippen LogP contribution in [0.5, 0.6) is 0 Å². The van der Waals surface area contributed by atoms with Gasteiger partial charge in [-0.15, -0.1) is 0 Å². The number of nitrogens with zero attached hydrogens (tertiary/aromatic N) is 2. The second-order valence-electron chi connectivity index (χ2n) is 5.19. The number of aromatic nitrogens is 1. The van der Waals surface area contributed by atoms with E-state index in [0.29, 0.717) is 18.8 Å². The molecule has 2 rings (SSSR count). The number of urea groups is 1. The maximum atomic E-state index is 12.0. The zero-order chi connectivity index (χ0) is 14.0. The fraction of sp³-hybridized carbons (Fsp3) is 0.462. The van der Waals surface area contributed by atoms with Crippen molar-refractivity contribution >= 4 is 17.8 Å². The molecule has 0 spiro atoms. The fourth-order valence-corrected chi connectivity index (χ4v) is 2.04. The van der Waals surface area contributed by atoms with Gasteiger partial charge in [0.15, 0.2) is 0 Å². The number of pyridine rings is 1. The predicted octanol–water partition coefficient (Wildman–Crippen LogP) is 1.72. The van der Waals surface area contributed by atoms with Crippen LogP contribution >= 0.6 is 0 Å². The summed E-state index contributed by atoms with van der Waals surface area (Å²) in [4.78, 5) is 28.7. The summed E-state index contributed by atoms with van der Waals surface area (Å²) in [5.41, 5.74) is 0.163. The van der Waals surface area contributed by atoms with Crippen LogP contribution in [0.15, 0.2) is 18.3 Å². The molecule has 6 nitrogen and oxygen atoms in total. The Labute approximate surface area is 111 Å². The molecule has 1 unspecified atom stereocenters. The molecule has 1 saturated heterocycles. The Morgan fingerprint density at radius 2 is 2.21 bits per heavy atom.